The maximum absolute atomic E-state index is 12.7. The molecule has 0 fully saturated rings. The first-order chi connectivity index (χ1) is 9.65. The van der Waals surface area contributed by atoms with Gasteiger partial charge in [-0.15, -0.1) is 0 Å². The number of aromatic carboxylic acids is 1. The van der Waals surface area contributed by atoms with Crippen LogP contribution in [0.1, 0.15) is 22.3 Å². The van der Waals surface area contributed by atoms with Gasteiger partial charge in [0.05, 0.1) is 5.56 Å². The predicted octanol–water partition coefficient (Wildman–Crippen LogP) is 2.96. The molecule has 0 radical (unpaired) electrons. The number of carboxylic acids is 1. The van der Waals surface area contributed by atoms with E-state index in [-0.39, 0.29) is 11.4 Å². The Morgan fingerprint density at radius 1 is 1.20 bits per heavy atom. The van der Waals surface area contributed by atoms with Crippen molar-refractivity contribution in [3.63, 3.8) is 0 Å². The fourth-order valence-corrected chi connectivity index (χ4v) is 1.78. The summed E-state index contributed by atoms with van der Waals surface area (Å²) in [4.78, 5) is 14.7. The molecule has 2 rings (SSSR count). The molecule has 4 nitrogen and oxygen atoms in total. The molecule has 1 aromatic carbocycles. The van der Waals surface area contributed by atoms with Crippen molar-refractivity contribution in [1.82, 2.24) is 4.98 Å². The molecule has 2 aromatic rings. The number of rotatable bonds is 6. The zero-order valence-electron chi connectivity index (χ0n) is 10.8. The van der Waals surface area contributed by atoms with E-state index in [1.54, 1.807) is 18.2 Å². The average Bonchev–Trinajstić information content (AvgIpc) is 2.46. The van der Waals surface area contributed by atoms with Crippen LogP contribution in [0.2, 0.25) is 0 Å². The molecule has 2 N–H and O–H groups in total. The van der Waals surface area contributed by atoms with E-state index in [0.29, 0.717) is 5.82 Å². The van der Waals surface area contributed by atoms with Crippen LogP contribution in [0.4, 0.5) is 10.2 Å². The highest BCUT2D eigenvalue weighted by Gasteiger charge is 2.02. The molecule has 0 spiro atoms. The van der Waals surface area contributed by atoms with Gasteiger partial charge in [0.15, 0.2) is 0 Å². The quantitative estimate of drug-likeness (QED) is 0.795. The highest BCUT2D eigenvalue weighted by atomic mass is 19.1. The summed E-state index contributed by atoms with van der Waals surface area (Å²) in [6, 6.07) is 9.60. The molecule has 0 bridgehead atoms. The summed E-state index contributed by atoms with van der Waals surface area (Å²) in [6.45, 7) is 0.719. The lowest BCUT2D eigenvalue weighted by Gasteiger charge is -2.06. The van der Waals surface area contributed by atoms with E-state index < -0.39 is 5.97 Å². The van der Waals surface area contributed by atoms with Crippen molar-refractivity contribution < 1.29 is 14.3 Å². The first-order valence-corrected chi connectivity index (χ1v) is 6.33. The molecule has 0 saturated carbocycles. The summed E-state index contributed by atoms with van der Waals surface area (Å²) >= 11 is 0. The molecule has 0 atom stereocenters. The highest BCUT2D eigenvalue weighted by molar-refractivity contribution is 5.87. The van der Waals surface area contributed by atoms with Gasteiger partial charge in [0, 0.05) is 12.7 Å². The molecular weight excluding hydrogens is 259 g/mol. The van der Waals surface area contributed by atoms with E-state index in [0.717, 1.165) is 24.9 Å². The van der Waals surface area contributed by atoms with Crippen LogP contribution in [0, 0.1) is 5.82 Å². The number of hydrogen-bond donors (Lipinski definition) is 2. The summed E-state index contributed by atoms with van der Waals surface area (Å²) in [6.07, 6.45) is 3.05. The summed E-state index contributed by atoms with van der Waals surface area (Å²) in [5.74, 6) is -0.566. The third-order valence-electron chi connectivity index (χ3n) is 2.87. The number of carbonyl (C=O) groups is 1. The topological polar surface area (TPSA) is 62.2 Å². The molecule has 0 aliphatic carbocycles. The Balaban J connectivity index is 1.75. The third-order valence-corrected chi connectivity index (χ3v) is 2.87. The van der Waals surface area contributed by atoms with Crippen LogP contribution in [-0.4, -0.2) is 22.6 Å². The molecule has 5 heteroatoms. The van der Waals surface area contributed by atoms with Gasteiger partial charge in [-0.2, -0.15) is 0 Å². The van der Waals surface area contributed by atoms with Gasteiger partial charge in [-0.1, -0.05) is 12.1 Å². The Labute approximate surface area is 116 Å². The monoisotopic (exact) mass is 274 g/mol. The number of benzene rings is 1. The summed E-state index contributed by atoms with van der Waals surface area (Å²) in [5, 5.41) is 11.9. The Hall–Kier alpha value is -2.43. The summed E-state index contributed by atoms with van der Waals surface area (Å²) < 4.78 is 12.7. The zero-order chi connectivity index (χ0) is 14.4. The number of nitrogens with zero attached hydrogens (tertiary/aromatic N) is 1. The van der Waals surface area contributed by atoms with Crippen molar-refractivity contribution in [2.24, 2.45) is 0 Å². The SMILES string of the molecule is O=C(O)c1ccc(NCCCc2ccc(F)cc2)nc1. The Morgan fingerprint density at radius 3 is 2.55 bits per heavy atom. The summed E-state index contributed by atoms with van der Waals surface area (Å²) in [7, 11) is 0. The molecule has 0 amide bonds. The zero-order valence-corrected chi connectivity index (χ0v) is 10.8. The van der Waals surface area contributed by atoms with Crippen LogP contribution in [0.25, 0.3) is 0 Å². The number of aryl methyl sites for hydroxylation is 1. The maximum atomic E-state index is 12.7. The standard InChI is InChI=1S/C15H15FN2O2/c16-13-6-3-11(4-7-13)2-1-9-17-14-8-5-12(10-18-14)15(19)20/h3-8,10H,1-2,9H2,(H,17,18)(H,19,20). The molecule has 0 aliphatic heterocycles. The van der Waals surface area contributed by atoms with E-state index in [4.69, 9.17) is 5.11 Å². The molecule has 0 saturated heterocycles. The molecule has 0 unspecified atom stereocenters. The smallest absolute Gasteiger partial charge is 0.337 e. The Morgan fingerprint density at radius 2 is 1.95 bits per heavy atom. The lowest BCUT2D eigenvalue weighted by atomic mass is 10.1. The second kappa shape index (κ2) is 6.65. The molecule has 1 aromatic heterocycles. The average molecular weight is 274 g/mol. The van der Waals surface area contributed by atoms with Gasteiger partial charge >= 0.3 is 5.97 Å². The number of pyridine rings is 1. The fourth-order valence-electron chi connectivity index (χ4n) is 1.78. The van der Waals surface area contributed by atoms with Gasteiger partial charge < -0.3 is 10.4 Å². The predicted molar refractivity (Wildman–Crippen MR) is 74.4 cm³/mol. The van der Waals surface area contributed by atoms with Crippen molar-refractivity contribution in [2.45, 2.75) is 12.8 Å². The van der Waals surface area contributed by atoms with E-state index >= 15 is 0 Å². The van der Waals surface area contributed by atoms with Crippen molar-refractivity contribution in [3.8, 4) is 0 Å². The van der Waals surface area contributed by atoms with Gasteiger partial charge in [0.1, 0.15) is 11.6 Å². The first-order valence-electron chi connectivity index (χ1n) is 6.33. The van der Waals surface area contributed by atoms with Crippen LogP contribution in [0.3, 0.4) is 0 Å². The van der Waals surface area contributed by atoms with E-state index in [1.165, 1.54) is 24.4 Å². The van der Waals surface area contributed by atoms with Crippen molar-refractivity contribution in [1.29, 1.82) is 0 Å². The largest absolute Gasteiger partial charge is 0.478 e. The third kappa shape index (κ3) is 4.05. The van der Waals surface area contributed by atoms with Crippen molar-refractivity contribution in [3.05, 3.63) is 59.5 Å². The molecule has 104 valence electrons. The van der Waals surface area contributed by atoms with Crippen LogP contribution in [-0.2, 0) is 6.42 Å². The summed E-state index contributed by atoms with van der Waals surface area (Å²) in [5.41, 5.74) is 1.25. The van der Waals surface area contributed by atoms with E-state index in [2.05, 4.69) is 10.3 Å². The van der Waals surface area contributed by atoms with Gasteiger partial charge in [-0.3, -0.25) is 0 Å². The lowest BCUT2D eigenvalue weighted by Crippen LogP contribution is -2.05. The normalized spacial score (nSPS) is 10.2. The van der Waals surface area contributed by atoms with Crippen molar-refractivity contribution in [2.75, 3.05) is 11.9 Å². The number of halogens is 1. The van der Waals surface area contributed by atoms with Gasteiger partial charge in [-0.05, 0) is 42.7 Å². The lowest BCUT2D eigenvalue weighted by molar-refractivity contribution is 0.0696. The minimum atomic E-state index is -0.986. The number of carboxylic acid groups (broad SMARTS) is 1. The van der Waals surface area contributed by atoms with E-state index in [1.807, 2.05) is 0 Å². The van der Waals surface area contributed by atoms with Crippen LogP contribution in [0.5, 0.6) is 0 Å². The minimum Gasteiger partial charge on any atom is -0.478 e. The number of hydrogen-bond acceptors (Lipinski definition) is 3. The highest BCUT2D eigenvalue weighted by Crippen LogP contribution is 2.07. The Bertz CT molecular complexity index is 567. The Kier molecular flexibility index (Phi) is 4.65. The van der Waals surface area contributed by atoms with Crippen LogP contribution < -0.4 is 5.32 Å². The molecule has 1 heterocycles. The first kappa shape index (κ1) is 14.0. The number of nitrogens with one attached hydrogen (secondary N) is 1. The van der Waals surface area contributed by atoms with Crippen LogP contribution in [0.15, 0.2) is 42.6 Å². The van der Waals surface area contributed by atoms with Gasteiger partial charge in [0.25, 0.3) is 0 Å². The fraction of sp³-hybridized carbons (Fsp3) is 0.200. The molecule has 20 heavy (non-hydrogen) atoms. The minimum absolute atomic E-state index is 0.168. The van der Waals surface area contributed by atoms with Crippen LogP contribution >= 0.6 is 0 Å². The maximum Gasteiger partial charge on any atom is 0.337 e. The van der Waals surface area contributed by atoms with Crippen molar-refractivity contribution >= 4 is 11.8 Å². The second-order valence-corrected chi connectivity index (χ2v) is 4.39. The van der Waals surface area contributed by atoms with E-state index in [9.17, 15) is 9.18 Å². The number of anilines is 1. The second-order valence-electron chi connectivity index (χ2n) is 4.39. The molecule has 0 aliphatic rings. The van der Waals surface area contributed by atoms with Gasteiger partial charge in [0.2, 0.25) is 0 Å². The number of aromatic nitrogens is 1. The van der Waals surface area contributed by atoms with Gasteiger partial charge in [-0.25, -0.2) is 14.2 Å². The molecular formula is C15H15FN2O2.